The molecule has 0 amide bonds. The maximum absolute atomic E-state index is 11.8. The zero-order chi connectivity index (χ0) is 12.0. The van der Waals surface area contributed by atoms with Crippen molar-refractivity contribution in [1.82, 2.24) is 0 Å². The molecule has 0 saturated heterocycles. The molecule has 0 heterocycles. The second-order valence-electron chi connectivity index (χ2n) is 3.37. The Balaban J connectivity index is 3.29. The average Bonchev–Trinajstić information content (AvgIpc) is 2.36. The molecule has 3 heteroatoms. The fourth-order valence-corrected chi connectivity index (χ4v) is 1.59. The maximum Gasteiger partial charge on any atom is 0.331 e. The van der Waals surface area contributed by atoms with Gasteiger partial charge in [-0.3, -0.25) is 0 Å². The molecule has 0 unspecified atom stereocenters. The zero-order valence-electron chi connectivity index (χ0n) is 9.14. The highest BCUT2D eigenvalue weighted by Crippen LogP contribution is 2.29. The molecule has 0 radical (unpaired) electrons. The number of allylic oxidation sites excluding steroid dienone is 1. The fourth-order valence-electron chi connectivity index (χ4n) is 1.59. The largest absolute Gasteiger partial charge is 0.468 e. The van der Waals surface area contributed by atoms with E-state index in [1.807, 2.05) is 12.1 Å². The Morgan fingerprint density at radius 3 is 2.62 bits per heavy atom. The van der Waals surface area contributed by atoms with Gasteiger partial charge in [-0.15, -0.1) is 6.58 Å². The van der Waals surface area contributed by atoms with Gasteiger partial charge in [0.2, 0.25) is 0 Å². The highest BCUT2D eigenvalue weighted by atomic mass is 16.5. The maximum atomic E-state index is 11.8. The summed E-state index contributed by atoms with van der Waals surface area (Å²) in [6.45, 7) is 3.58. The van der Waals surface area contributed by atoms with Crippen LogP contribution in [0, 0.1) is 11.3 Å². The van der Waals surface area contributed by atoms with E-state index in [9.17, 15) is 10.1 Å². The first-order valence-corrected chi connectivity index (χ1v) is 4.87. The van der Waals surface area contributed by atoms with Crippen molar-refractivity contribution in [3.05, 3.63) is 48.6 Å². The number of nitrogens with zero attached hydrogens (tertiary/aromatic N) is 1. The van der Waals surface area contributed by atoms with Gasteiger partial charge in [-0.05, 0) is 12.0 Å². The number of methoxy groups -OCH3 is 1. The third-order valence-corrected chi connectivity index (χ3v) is 2.44. The fraction of sp³-hybridized carbons (Fsp3) is 0.231. The number of carbonyl (C=O) groups is 1. The van der Waals surface area contributed by atoms with Crippen LogP contribution < -0.4 is 0 Å². The molecule has 0 fully saturated rings. The summed E-state index contributed by atoms with van der Waals surface area (Å²) in [5, 5.41) is 9.26. The lowest BCUT2D eigenvalue weighted by Gasteiger charge is -2.22. The minimum atomic E-state index is -1.28. The quantitative estimate of drug-likeness (QED) is 0.571. The van der Waals surface area contributed by atoms with Gasteiger partial charge in [0, 0.05) is 0 Å². The Morgan fingerprint density at radius 2 is 2.19 bits per heavy atom. The molecule has 1 aromatic carbocycles. The van der Waals surface area contributed by atoms with Crippen molar-refractivity contribution in [2.75, 3.05) is 7.11 Å². The molecule has 0 N–H and O–H groups in total. The Bertz CT molecular complexity index is 419. The van der Waals surface area contributed by atoms with E-state index in [-0.39, 0.29) is 6.42 Å². The molecule has 0 aliphatic rings. The lowest BCUT2D eigenvalue weighted by Crippen LogP contribution is -2.35. The van der Waals surface area contributed by atoms with Crippen LogP contribution in [0.5, 0.6) is 0 Å². The minimum absolute atomic E-state index is 0.236. The van der Waals surface area contributed by atoms with Gasteiger partial charge in [-0.25, -0.2) is 4.79 Å². The van der Waals surface area contributed by atoms with Crippen molar-refractivity contribution in [1.29, 1.82) is 5.26 Å². The van der Waals surface area contributed by atoms with Gasteiger partial charge < -0.3 is 4.74 Å². The number of hydrogen-bond donors (Lipinski definition) is 0. The molecule has 0 aliphatic carbocycles. The van der Waals surface area contributed by atoms with E-state index in [0.717, 1.165) is 0 Å². The predicted octanol–water partition coefficient (Wildman–Crippen LogP) is 2.20. The average molecular weight is 215 g/mol. The molecule has 16 heavy (non-hydrogen) atoms. The second kappa shape index (κ2) is 5.13. The normalized spacial score (nSPS) is 13.2. The molecule has 1 aromatic rings. The molecule has 0 saturated carbocycles. The number of benzene rings is 1. The number of nitriles is 1. The van der Waals surface area contributed by atoms with E-state index in [1.165, 1.54) is 7.11 Å². The summed E-state index contributed by atoms with van der Waals surface area (Å²) in [5.74, 6) is -0.555. The smallest absolute Gasteiger partial charge is 0.331 e. The summed E-state index contributed by atoms with van der Waals surface area (Å²) in [7, 11) is 1.28. The van der Waals surface area contributed by atoms with Crippen molar-refractivity contribution < 1.29 is 9.53 Å². The minimum Gasteiger partial charge on any atom is -0.468 e. The van der Waals surface area contributed by atoms with Crippen LogP contribution in [-0.4, -0.2) is 13.1 Å². The van der Waals surface area contributed by atoms with Crippen LogP contribution in [0.3, 0.4) is 0 Å². The number of rotatable bonds is 4. The summed E-state index contributed by atoms with van der Waals surface area (Å²) in [4.78, 5) is 11.8. The van der Waals surface area contributed by atoms with Crippen molar-refractivity contribution in [2.24, 2.45) is 0 Å². The number of carbonyl (C=O) groups excluding carboxylic acids is 1. The van der Waals surface area contributed by atoms with Crippen LogP contribution in [0.1, 0.15) is 12.0 Å². The SMILES string of the molecule is C=CC[C@](C#N)(C(=O)OC)c1ccccc1. The molecular formula is C13H13NO2. The molecule has 0 aromatic heterocycles. The number of ether oxygens (including phenoxy) is 1. The van der Waals surface area contributed by atoms with Crippen molar-refractivity contribution in [2.45, 2.75) is 11.8 Å². The topological polar surface area (TPSA) is 50.1 Å². The van der Waals surface area contributed by atoms with Crippen molar-refractivity contribution >= 4 is 5.97 Å². The Hall–Kier alpha value is -2.08. The molecule has 0 bridgehead atoms. The van der Waals surface area contributed by atoms with Gasteiger partial charge in [0.05, 0.1) is 13.2 Å². The van der Waals surface area contributed by atoms with Crippen molar-refractivity contribution in [3.8, 4) is 6.07 Å². The first kappa shape index (κ1) is 12.0. The molecule has 82 valence electrons. The van der Waals surface area contributed by atoms with Gasteiger partial charge in [0.1, 0.15) is 0 Å². The van der Waals surface area contributed by atoms with E-state index in [2.05, 4.69) is 6.58 Å². The van der Waals surface area contributed by atoms with E-state index in [1.54, 1.807) is 30.3 Å². The Kier molecular flexibility index (Phi) is 3.84. The number of esters is 1. The molecule has 3 nitrogen and oxygen atoms in total. The van der Waals surface area contributed by atoms with Gasteiger partial charge >= 0.3 is 5.97 Å². The van der Waals surface area contributed by atoms with Crippen LogP contribution in [0.2, 0.25) is 0 Å². The third-order valence-electron chi connectivity index (χ3n) is 2.44. The molecule has 0 aliphatic heterocycles. The summed E-state index contributed by atoms with van der Waals surface area (Å²) >= 11 is 0. The lowest BCUT2D eigenvalue weighted by atomic mass is 9.79. The monoisotopic (exact) mass is 215 g/mol. The van der Waals surface area contributed by atoms with Crippen LogP contribution in [0.25, 0.3) is 0 Å². The van der Waals surface area contributed by atoms with Crippen molar-refractivity contribution in [3.63, 3.8) is 0 Å². The summed E-state index contributed by atoms with van der Waals surface area (Å²) in [6, 6.07) is 10.9. The van der Waals surface area contributed by atoms with Crippen LogP contribution in [0.15, 0.2) is 43.0 Å². The number of hydrogen-bond acceptors (Lipinski definition) is 3. The first-order chi connectivity index (χ1) is 7.71. The van der Waals surface area contributed by atoms with Gasteiger partial charge in [-0.1, -0.05) is 36.4 Å². The highest BCUT2D eigenvalue weighted by molar-refractivity contribution is 5.87. The lowest BCUT2D eigenvalue weighted by molar-refractivity contribution is -0.145. The van der Waals surface area contributed by atoms with E-state index in [4.69, 9.17) is 4.74 Å². The summed E-state index contributed by atoms with van der Waals surface area (Å²) in [5.41, 5.74) is -0.651. The van der Waals surface area contributed by atoms with E-state index in [0.29, 0.717) is 5.56 Å². The summed E-state index contributed by atoms with van der Waals surface area (Å²) in [6.07, 6.45) is 1.79. The molecule has 0 spiro atoms. The Morgan fingerprint density at radius 1 is 1.56 bits per heavy atom. The molecule has 1 atom stereocenters. The first-order valence-electron chi connectivity index (χ1n) is 4.87. The Labute approximate surface area is 95.0 Å². The van der Waals surface area contributed by atoms with E-state index < -0.39 is 11.4 Å². The van der Waals surface area contributed by atoms with Crippen LogP contribution >= 0.6 is 0 Å². The predicted molar refractivity (Wildman–Crippen MR) is 60.6 cm³/mol. The molecule has 1 rings (SSSR count). The van der Waals surface area contributed by atoms with Gasteiger partial charge in [0.25, 0.3) is 0 Å². The third kappa shape index (κ3) is 1.96. The van der Waals surface area contributed by atoms with Gasteiger partial charge in [-0.2, -0.15) is 5.26 Å². The highest BCUT2D eigenvalue weighted by Gasteiger charge is 2.40. The molecular weight excluding hydrogens is 202 g/mol. The van der Waals surface area contributed by atoms with Crippen LogP contribution in [0.4, 0.5) is 0 Å². The second-order valence-corrected chi connectivity index (χ2v) is 3.37. The van der Waals surface area contributed by atoms with Crippen LogP contribution in [-0.2, 0) is 14.9 Å². The standard InChI is InChI=1S/C13H13NO2/c1-3-9-13(10-14,12(15)16-2)11-7-5-4-6-8-11/h3-8H,1,9H2,2H3/t13-/m1/s1. The van der Waals surface area contributed by atoms with E-state index >= 15 is 0 Å². The zero-order valence-corrected chi connectivity index (χ0v) is 9.14. The van der Waals surface area contributed by atoms with Gasteiger partial charge in [0.15, 0.2) is 5.41 Å². The summed E-state index contributed by atoms with van der Waals surface area (Å²) < 4.78 is 4.70.